The number of nitrogens with zero attached hydrogens (tertiary/aromatic N) is 1. The Morgan fingerprint density at radius 1 is 1.00 bits per heavy atom. The van der Waals surface area contributed by atoms with Crippen molar-refractivity contribution in [1.82, 2.24) is 5.32 Å². The Kier molecular flexibility index (Phi) is 5.47. The first-order valence-electron chi connectivity index (χ1n) is 9.59. The van der Waals surface area contributed by atoms with Gasteiger partial charge in [0.2, 0.25) is 0 Å². The van der Waals surface area contributed by atoms with Crippen LogP contribution in [0, 0.1) is 0 Å². The minimum atomic E-state index is -0.198. The molecule has 0 aromatic heterocycles. The highest BCUT2D eigenvalue weighted by molar-refractivity contribution is 6.30. The summed E-state index contributed by atoms with van der Waals surface area (Å²) in [6.45, 7) is 2.15. The van der Waals surface area contributed by atoms with E-state index in [0.717, 1.165) is 28.8 Å². The Balaban J connectivity index is 1.73. The topological polar surface area (TPSA) is 44.6 Å². The molecule has 28 heavy (non-hydrogen) atoms. The Labute approximate surface area is 170 Å². The van der Waals surface area contributed by atoms with Crippen molar-refractivity contribution < 1.29 is 5.11 Å². The highest BCUT2D eigenvalue weighted by Gasteiger charge is 2.27. The number of benzene rings is 3. The zero-order valence-corrected chi connectivity index (χ0v) is 16.5. The van der Waals surface area contributed by atoms with E-state index in [1.54, 1.807) is 6.07 Å². The molecule has 0 fully saturated rings. The molecule has 0 spiro atoms. The van der Waals surface area contributed by atoms with Crippen LogP contribution in [0.1, 0.15) is 47.8 Å². The second-order valence-electron chi connectivity index (χ2n) is 7.06. The van der Waals surface area contributed by atoms with Crippen LogP contribution in [0.5, 0.6) is 5.75 Å². The molecule has 0 aliphatic carbocycles. The van der Waals surface area contributed by atoms with Gasteiger partial charge in [0.05, 0.1) is 0 Å². The molecule has 3 aromatic rings. The molecule has 1 heterocycles. The van der Waals surface area contributed by atoms with E-state index < -0.39 is 0 Å². The summed E-state index contributed by atoms with van der Waals surface area (Å²) in [5.41, 5.74) is 5.41. The predicted molar refractivity (Wildman–Crippen MR) is 115 cm³/mol. The second kappa shape index (κ2) is 8.17. The third-order valence-corrected chi connectivity index (χ3v) is 5.49. The number of para-hydroxylation sites is 1. The number of aryl methyl sites for hydroxylation is 1. The highest BCUT2D eigenvalue weighted by atomic mass is 35.5. The van der Waals surface area contributed by atoms with Gasteiger partial charge in [-0.05, 0) is 41.3 Å². The highest BCUT2D eigenvalue weighted by Crippen LogP contribution is 2.34. The van der Waals surface area contributed by atoms with Crippen molar-refractivity contribution in [2.45, 2.75) is 32.0 Å². The molecular formula is C24H23ClN2O. The molecule has 0 bridgehead atoms. The van der Waals surface area contributed by atoms with E-state index >= 15 is 0 Å². The smallest absolute Gasteiger partial charge is 0.126 e. The van der Waals surface area contributed by atoms with Crippen molar-refractivity contribution in [2.75, 3.05) is 0 Å². The maximum Gasteiger partial charge on any atom is 0.126 e. The van der Waals surface area contributed by atoms with Gasteiger partial charge >= 0.3 is 0 Å². The zero-order chi connectivity index (χ0) is 19.5. The van der Waals surface area contributed by atoms with Gasteiger partial charge in [0.1, 0.15) is 11.9 Å². The van der Waals surface area contributed by atoms with Crippen LogP contribution in [-0.4, -0.2) is 10.8 Å². The zero-order valence-electron chi connectivity index (χ0n) is 15.8. The van der Waals surface area contributed by atoms with E-state index in [4.69, 9.17) is 16.6 Å². The lowest BCUT2D eigenvalue weighted by molar-refractivity contribution is 0.413. The average molecular weight is 391 g/mol. The van der Waals surface area contributed by atoms with Crippen LogP contribution in [0.3, 0.4) is 0 Å². The van der Waals surface area contributed by atoms with Crippen molar-refractivity contribution in [2.24, 2.45) is 4.99 Å². The Bertz CT molecular complexity index is 980. The summed E-state index contributed by atoms with van der Waals surface area (Å²) in [7, 11) is 0. The first-order chi connectivity index (χ1) is 13.6. The molecule has 4 rings (SSSR count). The number of hydrogen-bond acceptors (Lipinski definition) is 3. The number of aliphatic imine (C=N–C) groups is 1. The van der Waals surface area contributed by atoms with Crippen molar-refractivity contribution in [3.05, 3.63) is 100 Å². The van der Waals surface area contributed by atoms with Crippen LogP contribution in [0.25, 0.3) is 0 Å². The van der Waals surface area contributed by atoms with Crippen molar-refractivity contribution >= 4 is 17.3 Å². The number of phenols is 1. The summed E-state index contributed by atoms with van der Waals surface area (Å²) in [5.74, 6) is 0.303. The normalized spacial score (nSPS) is 19.3. The molecular weight excluding hydrogens is 368 g/mol. The minimum absolute atomic E-state index is 0.0276. The summed E-state index contributed by atoms with van der Waals surface area (Å²) in [6.07, 6.45) is 1.53. The van der Waals surface area contributed by atoms with Gasteiger partial charge in [-0.2, -0.15) is 0 Å². The van der Waals surface area contributed by atoms with Crippen LogP contribution < -0.4 is 5.32 Å². The molecule has 3 nitrogen and oxygen atoms in total. The van der Waals surface area contributed by atoms with Gasteiger partial charge in [-0.3, -0.25) is 10.3 Å². The quantitative estimate of drug-likeness (QED) is 0.588. The van der Waals surface area contributed by atoms with Crippen LogP contribution in [-0.2, 0) is 6.42 Å². The maximum atomic E-state index is 10.4. The van der Waals surface area contributed by atoms with Crippen LogP contribution in [0.4, 0.5) is 0 Å². The molecule has 4 heteroatoms. The fourth-order valence-electron chi connectivity index (χ4n) is 3.61. The Morgan fingerprint density at radius 3 is 2.39 bits per heavy atom. The molecule has 1 aliphatic rings. The molecule has 1 aliphatic heterocycles. The SMILES string of the molecule is CCc1ccc(C2=N[C@@H](c3ccc(Cl)cc3)N[C@H](c3ccccc3O)C2)cc1. The minimum Gasteiger partial charge on any atom is -0.508 e. The number of halogens is 1. The molecule has 0 saturated carbocycles. The van der Waals surface area contributed by atoms with Crippen molar-refractivity contribution in [3.63, 3.8) is 0 Å². The lowest BCUT2D eigenvalue weighted by atomic mass is 9.93. The van der Waals surface area contributed by atoms with Gasteiger partial charge in [-0.15, -0.1) is 0 Å². The first kappa shape index (κ1) is 18.7. The van der Waals surface area contributed by atoms with E-state index in [-0.39, 0.29) is 12.2 Å². The summed E-state index contributed by atoms with van der Waals surface area (Å²) in [5, 5.41) is 14.7. The maximum absolute atomic E-state index is 10.4. The number of nitrogens with one attached hydrogen (secondary N) is 1. The monoisotopic (exact) mass is 390 g/mol. The van der Waals surface area contributed by atoms with E-state index in [2.05, 4.69) is 36.5 Å². The predicted octanol–water partition coefficient (Wildman–Crippen LogP) is 5.83. The van der Waals surface area contributed by atoms with Crippen molar-refractivity contribution in [3.8, 4) is 5.75 Å². The molecule has 3 aromatic carbocycles. The lowest BCUT2D eigenvalue weighted by Gasteiger charge is -2.31. The van der Waals surface area contributed by atoms with Crippen LogP contribution >= 0.6 is 11.6 Å². The van der Waals surface area contributed by atoms with Gasteiger partial charge in [0.25, 0.3) is 0 Å². The van der Waals surface area contributed by atoms with Crippen LogP contribution in [0.15, 0.2) is 77.8 Å². The third-order valence-electron chi connectivity index (χ3n) is 5.23. The van der Waals surface area contributed by atoms with E-state index in [9.17, 15) is 5.11 Å². The molecule has 0 unspecified atom stereocenters. The summed E-state index contributed by atoms with van der Waals surface area (Å²) < 4.78 is 0. The molecule has 2 atom stereocenters. The van der Waals surface area contributed by atoms with Gasteiger partial charge in [0.15, 0.2) is 0 Å². The molecule has 0 saturated heterocycles. The Hall–Kier alpha value is -2.62. The molecule has 142 valence electrons. The Morgan fingerprint density at radius 2 is 1.71 bits per heavy atom. The van der Waals surface area contributed by atoms with Gasteiger partial charge in [-0.25, -0.2) is 0 Å². The third kappa shape index (κ3) is 3.96. The van der Waals surface area contributed by atoms with E-state index in [0.29, 0.717) is 17.2 Å². The summed E-state index contributed by atoms with van der Waals surface area (Å²) >= 11 is 6.06. The average Bonchev–Trinajstić information content (AvgIpc) is 2.74. The van der Waals surface area contributed by atoms with Gasteiger partial charge < -0.3 is 5.11 Å². The molecule has 0 amide bonds. The van der Waals surface area contributed by atoms with Crippen LogP contribution in [0.2, 0.25) is 5.02 Å². The summed E-state index contributed by atoms with van der Waals surface area (Å²) in [4.78, 5) is 4.99. The van der Waals surface area contributed by atoms with Gasteiger partial charge in [-0.1, -0.05) is 73.1 Å². The van der Waals surface area contributed by atoms with E-state index in [1.807, 2.05) is 42.5 Å². The van der Waals surface area contributed by atoms with Gasteiger partial charge in [0, 0.05) is 28.8 Å². The first-order valence-corrected chi connectivity index (χ1v) is 9.97. The number of phenolic OH excluding ortho intramolecular Hbond substituents is 1. The second-order valence-corrected chi connectivity index (χ2v) is 7.50. The standard InChI is InChI=1S/C24H23ClN2O/c1-2-16-7-9-17(10-8-16)21-15-22(20-5-3-4-6-23(20)28)27-24(26-21)18-11-13-19(25)14-12-18/h3-14,22,24,27-28H,2,15H2,1H3/t22-,24+/m0/s1. The number of rotatable bonds is 4. The fourth-order valence-corrected chi connectivity index (χ4v) is 3.74. The number of aromatic hydroxyl groups is 1. The largest absolute Gasteiger partial charge is 0.508 e. The number of hydrogen-bond donors (Lipinski definition) is 2. The lowest BCUT2D eigenvalue weighted by Crippen LogP contribution is -2.33. The van der Waals surface area contributed by atoms with Crippen molar-refractivity contribution in [1.29, 1.82) is 0 Å². The van der Waals surface area contributed by atoms with E-state index in [1.165, 1.54) is 5.56 Å². The molecule has 0 radical (unpaired) electrons. The molecule has 2 N–H and O–H groups in total. The fraction of sp³-hybridized carbons (Fsp3) is 0.208. The summed E-state index contributed by atoms with van der Waals surface area (Å²) in [6, 6.07) is 23.8.